The molecule has 2 rings (SSSR count). The van der Waals surface area contributed by atoms with E-state index in [-0.39, 0.29) is 17.8 Å². The number of aromatic hydroxyl groups is 1. The van der Waals surface area contributed by atoms with Gasteiger partial charge in [0.1, 0.15) is 11.8 Å². The van der Waals surface area contributed by atoms with Gasteiger partial charge < -0.3 is 14.7 Å². The van der Waals surface area contributed by atoms with Crippen LogP contribution in [0.1, 0.15) is 12.5 Å². The molecule has 0 spiro atoms. The van der Waals surface area contributed by atoms with Crippen molar-refractivity contribution in [2.75, 3.05) is 18.6 Å². The van der Waals surface area contributed by atoms with E-state index in [2.05, 4.69) is 0 Å². The fourth-order valence-electron chi connectivity index (χ4n) is 2.09. The van der Waals surface area contributed by atoms with E-state index in [1.165, 1.54) is 7.11 Å². The summed E-state index contributed by atoms with van der Waals surface area (Å²) in [6.45, 7) is 2.60. The first-order valence-corrected chi connectivity index (χ1v) is 5.30. The van der Waals surface area contributed by atoms with E-state index >= 15 is 0 Å². The average molecular weight is 221 g/mol. The highest BCUT2D eigenvalue weighted by atomic mass is 16.5. The predicted molar refractivity (Wildman–Crippen MR) is 60.6 cm³/mol. The molecule has 86 valence electrons. The van der Waals surface area contributed by atoms with Gasteiger partial charge in [0.25, 0.3) is 0 Å². The highest BCUT2D eigenvalue weighted by Crippen LogP contribution is 2.32. The van der Waals surface area contributed by atoms with Crippen LogP contribution in [-0.2, 0) is 16.0 Å². The topological polar surface area (TPSA) is 49.8 Å². The first kappa shape index (κ1) is 10.8. The molecule has 1 aromatic carbocycles. The third-order valence-corrected chi connectivity index (χ3v) is 3.01. The monoisotopic (exact) mass is 221 g/mol. The van der Waals surface area contributed by atoms with Crippen LogP contribution >= 0.6 is 0 Å². The molecule has 1 heterocycles. The number of anilines is 1. The molecule has 1 N–H and O–H groups in total. The standard InChI is InChI=1S/C12H15NO3/c1-8(12(15)16-2)13-6-5-9-3-4-10(14)7-11(9)13/h3-4,7-8,14H,5-6H2,1-2H3. The lowest BCUT2D eigenvalue weighted by Crippen LogP contribution is -2.38. The maximum atomic E-state index is 11.5. The van der Waals surface area contributed by atoms with Gasteiger partial charge in [-0.3, -0.25) is 0 Å². The molecule has 0 aromatic heterocycles. The molecule has 1 atom stereocenters. The van der Waals surface area contributed by atoms with Gasteiger partial charge in [0.2, 0.25) is 0 Å². The number of carbonyl (C=O) groups is 1. The zero-order valence-electron chi connectivity index (χ0n) is 9.43. The Kier molecular flexibility index (Phi) is 2.73. The van der Waals surface area contributed by atoms with Crippen LogP contribution in [0.3, 0.4) is 0 Å². The number of benzene rings is 1. The van der Waals surface area contributed by atoms with Crippen molar-refractivity contribution in [3.05, 3.63) is 23.8 Å². The Labute approximate surface area is 94.4 Å². The van der Waals surface area contributed by atoms with Crippen molar-refractivity contribution in [1.29, 1.82) is 0 Å². The van der Waals surface area contributed by atoms with Crippen molar-refractivity contribution < 1.29 is 14.6 Å². The molecule has 0 saturated carbocycles. The number of carbonyl (C=O) groups excluding carboxylic acids is 1. The lowest BCUT2D eigenvalue weighted by Gasteiger charge is -2.25. The molecule has 4 heteroatoms. The summed E-state index contributed by atoms with van der Waals surface area (Å²) >= 11 is 0. The number of phenolic OH excluding ortho intramolecular Hbond substituents is 1. The molecule has 0 fully saturated rings. The number of hydrogen-bond acceptors (Lipinski definition) is 4. The number of phenols is 1. The largest absolute Gasteiger partial charge is 0.508 e. The van der Waals surface area contributed by atoms with Gasteiger partial charge in [0, 0.05) is 18.3 Å². The molecular weight excluding hydrogens is 206 g/mol. The SMILES string of the molecule is COC(=O)C(C)N1CCc2ccc(O)cc21. The molecule has 16 heavy (non-hydrogen) atoms. The molecule has 1 aromatic rings. The van der Waals surface area contributed by atoms with Gasteiger partial charge in [0.15, 0.2) is 0 Å². The summed E-state index contributed by atoms with van der Waals surface area (Å²) in [4.78, 5) is 13.4. The fourth-order valence-corrected chi connectivity index (χ4v) is 2.09. The maximum Gasteiger partial charge on any atom is 0.328 e. The Morgan fingerprint density at radius 1 is 1.56 bits per heavy atom. The van der Waals surface area contributed by atoms with Crippen LogP contribution in [0.25, 0.3) is 0 Å². The number of hydrogen-bond donors (Lipinski definition) is 1. The molecule has 4 nitrogen and oxygen atoms in total. The van der Waals surface area contributed by atoms with Gasteiger partial charge in [-0.05, 0) is 25.0 Å². The van der Waals surface area contributed by atoms with Crippen LogP contribution < -0.4 is 4.90 Å². The molecule has 0 radical (unpaired) electrons. The molecular formula is C12H15NO3. The van der Waals surface area contributed by atoms with Crippen LogP contribution in [0.2, 0.25) is 0 Å². The number of fused-ring (bicyclic) bond motifs is 1. The molecule has 0 saturated heterocycles. The van der Waals surface area contributed by atoms with Crippen molar-refractivity contribution in [3.8, 4) is 5.75 Å². The van der Waals surface area contributed by atoms with E-state index in [9.17, 15) is 9.90 Å². The Morgan fingerprint density at radius 3 is 3.00 bits per heavy atom. The van der Waals surface area contributed by atoms with Crippen molar-refractivity contribution in [3.63, 3.8) is 0 Å². The van der Waals surface area contributed by atoms with Crippen molar-refractivity contribution in [2.45, 2.75) is 19.4 Å². The summed E-state index contributed by atoms with van der Waals surface area (Å²) in [5, 5.41) is 9.45. The quantitative estimate of drug-likeness (QED) is 0.765. The Hall–Kier alpha value is -1.71. The molecule has 0 amide bonds. The van der Waals surface area contributed by atoms with Crippen LogP contribution in [-0.4, -0.2) is 30.8 Å². The van der Waals surface area contributed by atoms with Crippen molar-refractivity contribution in [1.82, 2.24) is 0 Å². The second-order valence-electron chi connectivity index (χ2n) is 3.96. The van der Waals surface area contributed by atoms with Crippen LogP contribution in [0.4, 0.5) is 5.69 Å². The second kappa shape index (κ2) is 4.04. The normalized spacial score (nSPS) is 15.8. The molecule has 1 aliphatic heterocycles. The van der Waals surface area contributed by atoms with E-state index in [1.54, 1.807) is 12.1 Å². The van der Waals surface area contributed by atoms with Crippen LogP contribution in [0, 0.1) is 0 Å². The third kappa shape index (κ3) is 1.71. The molecule has 0 bridgehead atoms. The fraction of sp³-hybridized carbons (Fsp3) is 0.417. The minimum Gasteiger partial charge on any atom is -0.508 e. The smallest absolute Gasteiger partial charge is 0.328 e. The van der Waals surface area contributed by atoms with Gasteiger partial charge in [-0.15, -0.1) is 0 Å². The molecule has 1 aliphatic rings. The Balaban J connectivity index is 2.29. The maximum absolute atomic E-state index is 11.5. The summed E-state index contributed by atoms with van der Waals surface area (Å²) in [6, 6.07) is 4.95. The Morgan fingerprint density at radius 2 is 2.31 bits per heavy atom. The number of esters is 1. The zero-order valence-corrected chi connectivity index (χ0v) is 9.43. The summed E-state index contributed by atoms with van der Waals surface area (Å²) in [6.07, 6.45) is 0.900. The molecule has 0 aliphatic carbocycles. The molecule has 1 unspecified atom stereocenters. The van der Waals surface area contributed by atoms with Gasteiger partial charge >= 0.3 is 5.97 Å². The highest BCUT2D eigenvalue weighted by molar-refractivity contribution is 5.81. The van der Waals surface area contributed by atoms with Gasteiger partial charge in [-0.1, -0.05) is 6.07 Å². The minimum atomic E-state index is -0.312. The van der Waals surface area contributed by atoms with E-state index in [4.69, 9.17) is 4.74 Å². The van der Waals surface area contributed by atoms with Gasteiger partial charge in [0.05, 0.1) is 7.11 Å². The summed E-state index contributed by atoms with van der Waals surface area (Å²) in [7, 11) is 1.39. The van der Waals surface area contributed by atoms with Gasteiger partial charge in [-0.25, -0.2) is 4.79 Å². The summed E-state index contributed by atoms with van der Waals surface area (Å²) in [5.74, 6) is -0.0288. The highest BCUT2D eigenvalue weighted by Gasteiger charge is 2.28. The number of nitrogens with zero attached hydrogens (tertiary/aromatic N) is 1. The zero-order chi connectivity index (χ0) is 11.7. The van der Waals surface area contributed by atoms with Crippen LogP contribution in [0.5, 0.6) is 5.75 Å². The van der Waals surface area contributed by atoms with E-state index in [0.717, 1.165) is 24.2 Å². The van der Waals surface area contributed by atoms with Crippen molar-refractivity contribution >= 4 is 11.7 Å². The average Bonchev–Trinajstić information content (AvgIpc) is 2.69. The van der Waals surface area contributed by atoms with Gasteiger partial charge in [-0.2, -0.15) is 0 Å². The lowest BCUT2D eigenvalue weighted by molar-refractivity contribution is -0.141. The van der Waals surface area contributed by atoms with Crippen LogP contribution in [0.15, 0.2) is 18.2 Å². The Bertz CT molecular complexity index is 417. The second-order valence-corrected chi connectivity index (χ2v) is 3.96. The first-order chi connectivity index (χ1) is 7.63. The predicted octanol–water partition coefficient (Wildman–Crippen LogP) is 1.32. The summed E-state index contributed by atoms with van der Waals surface area (Å²) in [5.41, 5.74) is 2.09. The number of ether oxygens (including phenoxy) is 1. The summed E-state index contributed by atoms with van der Waals surface area (Å²) < 4.78 is 4.73. The number of methoxy groups -OCH3 is 1. The van der Waals surface area contributed by atoms with Crippen molar-refractivity contribution in [2.24, 2.45) is 0 Å². The lowest BCUT2D eigenvalue weighted by atomic mass is 10.1. The first-order valence-electron chi connectivity index (χ1n) is 5.30. The number of rotatable bonds is 2. The van der Waals surface area contributed by atoms with E-state index < -0.39 is 0 Å². The minimum absolute atomic E-state index is 0.225. The van der Waals surface area contributed by atoms with E-state index in [0.29, 0.717) is 0 Å². The third-order valence-electron chi connectivity index (χ3n) is 3.01. The van der Waals surface area contributed by atoms with E-state index in [1.807, 2.05) is 17.9 Å².